The molecule has 6 nitrogen and oxygen atoms in total. The van der Waals surface area contributed by atoms with Crippen LogP contribution in [0, 0.1) is 46.3 Å². The van der Waals surface area contributed by atoms with Gasteiger partial charge in [-0.1, -0.05) is 20.8 Å². The normalized spacial score (nSPS) is 48.3. The molecule has 0 aromatic carbocycles. The second-order valence-electron chi connectivity index (χ2n) is 14.3. The molecule has 0 spiro atoms. The summed E-state index contributed by atoms with van der Waals surface area (Å²) in [6.07, 6.45) is 4.33. The summed E-state index contributed by atoms with van der Waals surface area (Å²) in [6.45, 7) is 6.53. The number of amides is 1. The van der Waals surface area contributed by atoms with Crippen LogP contribution in [0.25, 0.3) is 0 Å². The maximum atomic E-state index is 14.7. The van der Waals surface area contributed by atoms with Crippen LogP contribution in [0.3, 0.4) is 0 Å². The van der Waals surface area contributed by atoms with Crippen LogP contribution in [0.1, 0.15) is 91.4 Å². The van der Waals surface area contributed by atoms with E-state index in [0.717, 1.165) is 32.1 Å². The second-order valence-corrected chi connectivity index (χ2v) is 16.5. The molecule has 5 unspecified atom stereocenters. The van der Waals surface area contributed by atoms with E-state index in [-0.39, 0.29) is 65.4 Å². The minimum atomic E-state index is -3.08. The number of fused-ring (bicyclic) bond motifs is 5. The van der Waals surface area contributed by atoms with Crippen LogP contribution in [0.4, 0.5) is 8.78 Å². The summed E-state index contributed by atoms with van der Waals surface area (Å²) in [5, 5.41) is 24.4. The third-order valence-corrected chi connectivity index (χ3v) is 13.9. The van der Waals surface area contributed by atoms with Crippen molar-refractivity contribution in [2.24, 2.45) is 46.3 Å². The van der Waals surface area contributed by atoms with Gasteiger partial charge in [0.05, 0.1) is 17.6 Å². The minimum Gasteiger partial charge on any atom is -0.393 e. The Labute approximate surface area is 226 Å². The average molecular weight is 560 g/mol. The van der Waals surface area contributed by atoms with Crippen molar-refractivity contribution in [3.8, 4) is 0 Å². The quantitative estimate of drug-likeness (QED) is 0.465. The lowest BCUT2D eigenvalue weighted by molar-refractivity contribution is -0.236. The molecule has 1 amide bonds. The zero-order chi connectivity index (χ0) is 27.7. The molecule has 4 saturated carbocycles. The van der Waals surface area contributed by atoms with E-state index in [4.69, 9.17) is 0 Å². The second kappa shape index (κ2) is 9.93. The Morgan fingerprint density at radius 2 is 1.76 bits per heavy atom. The molecule has 11 atom stereocenters. The van der Waals surface area contributed by atoms with E-state index >= 15 is 0 Å². The zero-order valence-corrected chi connectivity index (χ0v) is 24.0. The van der Waals surface area contributed by atoms with E-state index in [1.54, 1.807) is 0 Å². The summed E-state index contributed by atoms with van der Waals surface area (Å²) in [4.78, 5) is 12.7. The average Bonchev–Trinajstić information content (AvgIpc) is 3.16. The Balaban J connectivity index is 1.23. The highest BCUT2D eigenvalue weighted by Crippen LogP contribution is 2.69. The highest BCUT2D eigenvalue weighted by molar-refractivity contribution is 7.91. The lowest BCUT2D eigenvalue weighted by atomic mass is 9.43. The predicted molar refractivity (Wildman–Crippen MR) is 141 cm³/mol. The van der Waals surface area contributed by atoms with Crippen molar-refractivity contribution in [1.82, 2.24) is 5.32 Å². The summed E-state index contributed by atoms with van der Waals surface area (Å²) >= 11 is 0. The molecule has 4 aliphatic carbocycles. The molecule has 1 aliphatic heterocycles. The van der Waals surface area contributed by atoms with Crippen molar-refractivity contribution in [3.63, 3.8) is 0 Å². The number of aliphatic hydroxyl groups excluding tert-OH is 2. The highest BCUT2D eigenvalue weighted by Gasteiger charge is 2.66. The maximum Gasteiger partial charge on any atom is 0.274 e. The van der Waals surface area contributed by atoms with Gasteiger partial charge in [-0.15, -0.1) is 0 Å². The Kier molecular flexibility index (Phi) is 7.51. The number of hydrogen-bond donors (Lipinski definition) is 3. The third kappa shape index (κ3) is 4.95. The largest absolute Gasteiger partial charge is 0.393 e. The fraction of sp³-hybridized carbons (Fsp3) is 0.966. The molecule has 0 aromatic rings. The van der Waals surface area contributed by atoms with E-state index in [1.165, 1.54) is 0 Å². The number of hydrogen-bond acceptors (Lipinski definition) is 5. The zero-order valence-electron chi connectivity index (χ0n) is 23.2. The van der Waals surface area contributed by atoms with E-state index in [9.17, 15) is 32.2 Å². The molecule has 1 heterocycles. The van der Waals surface area contributed by atoms with Gasteiger partial charge in [0, 0.05) is 18.9 Å². The van der Waals surface area contributed by atoms with Gasteiger partial charge in [-0.3, -0.25) is 4.79 Å². The predicted octanol–water partition coefficient (Wildman–Crippen LogP) is 4.33. The number of carbonyl (C=O) groups is 1. The summed E-state index contributed by atoms with van der Waals surface area (Å²) < 4.78 is 53.3. The Hall–Kier alpha value is -0.800. The molecular weight excluding hydrogens is 512 g/mol. The first-order valence-electron chi connectivity index (χ1n) is 14.9. The van der Waals surface area contributed by atoms with Gasteiger partial charge in [-0.25, -0.2) is 17.2 Å². The molecule has 0 bridgehead atoms. The third-order valence-electron chi connectivity index (χ3n) is 12.1. The molecular formula is C29H47F2NO5S. The van der Waals surface area contributed by atoms with Crippen molar-refractivity contribution >= 4 is 15.7 Å². The first kappa shape index (κ1) is 28.7. The van der Waals surface area contributed by atoms with Crippen LogP contribution in [0.15, 0.2) is 0 Å². The first-order chi connectivity index (χ1) is 17.7. The lowest BCUT2D eigenvalue weighted by Gasteiger charge is -2.63. The van der Waals surface area contributed by atoms with Crippen LogP contribution in [-0.2, 0) is 14.6 Å². The topological polar surface area (TPSA) is 104 Å². The Morgan fingerprint density at radius 1 is 1.05 bits per heavy atom. The smallest absolute Gasteiger partial charge is 0.274 e. The van der Waals surface area contributed by atoms with Gasteiger partial charge >= 0.3 is 0 Å². The maximum absolute atomic E-state index is 14.7. The molecule has 9 heteroatoms. The molecule has 1 saturated heterocycles. The van der Waals surface area contributed by atoms with Crippen LogP contribution in [-0.4, -0.2) is 60.2 Å². The molecule has 3 N–H and O–H groups in total. The van der Waals surface area contributed by atoms with E-state index in [1.807, 2.05) is 6.92 Å². The van der Waals surface area contributed by atoms with E-state index < -0.39 is 33.4 Å². The molecule has 5 aliphatic rings. The van der Waals surface area contributed by atoms with Crippen LogP contribution >= 0.6 is 0 Å². The van der Waals surface area contributed by atoms with Crippen molar-refractivity contribution in [2.45, 2.75) is 116 Å². The Bertz CT molecular complexity index is 1020. The number of nitrogens with one attached hydrogen (secondary N) is 1. The highest BCUT2D eigenvalue weighted by atomic mass is 32.2. The van der Waals surface area contributed by atoms with Crippen molar-refractivity contribution in [3.05, 3.63) is 0 Å². The Morgan fingerprint density at radius 3 is 2.47 bits per heavy atom. The number of aliphatic hydroxyl groups is 2. The van der Waals surface area contributed by atoms with Gasteiger partial charge in [-0.05, 0) is 104 Å². The number of alkyl halides is 2. The van der Waals surface area contributed by atoms with E-state index in [2.05, 4.69) is 19.2 Å². The summed E-state index contributed by atoms with van der Waals surface area (Å²) in [5.74, 6) is -1.95. The number of sulfone groups is 1. The number of rotatable bonds is 5. The van der Waals surface area contributed by atoms with E-state index in [0.29, 0.717) is 37.5 Å². The van der Waals surface area contributed by atoms with Crippen LogP contribution in [0.2, 0.25) is 0 Å². The molecule has 38 heavy (non-hydrogen) atoms. The number of halogens is 2. The van der Waals surface area contributed by atoms with Gasteiger partial charge in [0.1, 0.15) is 6.10 Å². The van der Waals surface area contributed by atoms with Gasteiger partial charge in [-0.2, -0.15) is 0 Å². The molecule has 5 rings (SSSR count). The van der Waals surface area contributed by atoms with Crippen LogP contribution < -0.4 is 5.32 Å². The SMILES string of the molecule is C[C@H](CCC(=O)NC1CCCS(=O)(=O)C1)[C@H]1CCC2C3C(O)C[C@@H]4C[C@@H](O)C(F)(F)C[C@]4(C)C3CC[C@@]21C. The summed E-state index contributed by atoms with van der Waals surface area (Å²) in [5.41, 5.74) is -0.558. The van der Waals surface area contributed by atoms with Crippen molar-refractivity contribution in [1.29, 1.82) is 0 Å². The van der Waals surface area contributed by atoms with Gasteiger partial charge < -0.3 is 15.5 Å². The van der Waals surface area contributed by atoms with Gasteiger partial charge in [0.15, 0.2) is 9.84 Å². The standard InChI is InChI=1S/C29H47F2NO5S/c1-17(6-9-25(35)32-19-5-4-12-38(36,37)15-19)20-7-8-21-26-22(10-11-27(20,21)2)28(3)16-29(30,31)24(34)14-18(28)13-23(26)33/h17-24,26,33-34H,4-16H2,1-3H3,(H,32,35)/t17-,18-,19?,20-,21?,22?,23?,24-,26?,27-,28+/m1/s1. The monoisotopic (exact) mass is 559 g/mol. The molecule has 0 aromatic heterocycles. The summed E-state index contributed by atoms with van der Waals surface area (Å²) in [6, 6.07) is -0.286. The summed E-state index contributed by atoms with van der Waals surface area (Å²) in [7, 11) is -3.07. The van der Waals surface area contributed by atoms with Gasteiger partial charge in [0.25, 0.3) is 5.92 Å². The molecule has 218 valence electrons. The molecule has 0 radical (unpaired) electrons. The first-order valence-corrected chi connectivity index (χ1v) is 16.7. The minimum absolute atomic E-state index is 0.00907. The number of carbonyl (C=O) groups excluding carboxylic acids is 1. The fourth-order valence-corrected chi connectivity index (χ4v) is 11.8. The lowest BCUT2D eigenvalue weighted by Crippen LogP contribution is -2.62. The van der Waals surface area contributed by atoms with Crippen molar-refractivity contribution in [2.75, 3.05) is 11.5 Å². The van der Waals surface area contributed by atoms with Crippen LogP contribution in [0.5, 0.6) is 0 Å². The molecule has 5 fully saturated rings. The van der Waals surface area contributed by atoms with Gasteiger partial charge in [0.2, 0.25) is 5.91 Å². The van der Waals surface area contributed by atoms with Crippen molar-refractivity contribution < 1.29 is 32.2 Å². The fourth-order valence-electron chi connectivity index (χ4n) is 10.2.